The lowest BCUT2D eigenvalue weighted by molar-refractivity contribution is 0.0987. The van der Waals surface area contributed by atoms with Gasteiger partial charge in [0.25, 0.3) is 5.91 Å². The third-order valence-electron chi connectivity index (χ3n) is 3.62. The standard InChI is InChI=1S/C17H15FN4O/c1-12-16(17(23)21(2)14-6-4-3-5-7-14)19-20-22(12)15-10-8-13(18)9-11-15/h3-11H,1-2H3. The highest BCUT2D eigenvalue weighted by molar-refractivity contribution is 6.05. The Morgan fingerprint density at radius 1 is 1.09 bits per heavy atom. The van der Waals surface area contributed by atoms with E-state index in [2.05, 4.69) is 10.3 Å². The second-order valence-corrected chi connectivity index (χ2v) is 5.11. The molecule has 0 aliphatic heterocycles. The van der Waals surface area contributed by atoms with E-state index in [-0.39, 0.29) is 17.4 Å². The van der Waals surface area contributed by atoms with E-state index in [9.17, 15) is 9.18 Å². The second kappa shape index (κ2) is 6.00. The van der Waals surface area contributed by atoms with Crippen LogP contribution in [-0.4, -0.2) is 27.9 Å². The highest BCUT2D eigenvalue weighted by atomic mass is 19.1. The molecule has 0 atom stereocenters. The number of nitrogens with zero attached hydrogens (tertiary/aromatic N) is 4. The Bertz CT molecular complexity index is 828. The molecule has 0 bridgehead atoms. The fourth-order valence-corrected chi connectivity index (χ4v) is 2.28. The van der Waals surface area contributed by atoms with Gasteiger partial charge in [-0.15, -0.1) is 5.10 Å². The van der Waals surface area contributed by atoms with E-state index in [0.29, 0.717) is 11.4 Å². The van der Waals surface area contributed by atoms with Crippen LogP contribution in [0.25, 0.3) is 5.69 Å². The minimum absolute atomic E-state index is 0.248. The molecule has 2 aromatic carbocycles. The third-order valence-corrected chi connectivity index (χ3v) is 3.62. The number of para-hydroxylation sites is 1. The number of anilines is 1. The number of hydrogen-bond donors (Lipinski definition) is 0. The van der Waals surface area contributed by atoms with Crippen LogP contribution < -0.4 is 4.90 Å². The van der Waals surface area contributed by atoms with E-state index in [1.807, 2.05) is 30.3 Å². The van der Waals surface area contributed by atoms with Crippen molar-refractivity contribution >= 4 is 11.6 Å². The van der Waals surface area contributed by atoms with Crippen molar-refractivity contribution in [1.82, 2.24) is 15.0 Å². The highest BCUT2D eigenvalue weighted by Gasteiger charge is 2.21. The Hall–Kier alpha value is -3.02. The topological polar surface area (TPSA) is 51.0 Å². The monoisotopic (exact) mass is 310 g/mol. The third kappa shape index (κ3) is 2.83. The summed E-state index contributed by atoms with van der Waals surface area (Å²) in [5.74, 6) is -0.575. The lowest BCUT2D eigenvalue weighted by Crippen LogP contribution is -2.27. The summed E-state index contributed by atoms with van der Waals surface area (Å²) in [5, 5.41) is 8.00. The van der Waals surface area contributed by atoms with E-state index in [0.717, 1.165) is 5.69 Å². The van der Waals surface area contributed by atoms with E-state index in [1.54, 1.807) is 26.1 Å². The van der Waals surface area contributed by atoms with Gasteiger partial charge in [-0.05, 0) is 43.3 Å². The summed E-state index contributed by atoms with van der Waals surface area (Å²) >= 11 is 0. The Balaban J connectivity index is 1.92. The number of amides is 1. The molecule has 0 radical (unpaired) electrons. The smallest absolute Gasteiger partial charge is 0.280 e. The van der Waals surface area contributed by atoms with Crippen LogP contribution in [0.4, 0.5) is 10.1 Å². The number of rotatable bonds is 3. The lowest BCUT2D eigenvalue weighted by atomic mass is 10.2. The first-order chi connectivity index (χ1) is 11.1. The molecule has 0 saturated heterocycles. The summed E-state index contributed by atoms with van der Waals surface area (Å²) in [5.41, 5.74) is 2.29. The van der Waals surface area contributed by atoms with Crippen molar-refractivity contribution in [3.63, 3.8) is 0 Å². The number of aromatic nitrogens is 3. The van der Waals surface area contributed by atoms with Crippen LogP contribution in [0.1, 0.15) is 16.2 Å². The quantitative estimate of drug-likeness (QED) is 0.747. The van der Waals surface area contributed by atoms with Crippen molar-refractivity contribution in [2.45, 2.75) is 6.92 Å². The summed E-state index contributed by atoms with van der Waals surface area (Å²) in [7, 11) is 1.69. The average Bonchev–Trinajstić information content (AvgIpc) is 2.96. The van der Waals surface area contributed by atoms with Gasteiger partial charge >= 0.3 is 0 Å². The minimum Gasteiger partial charge on any atom is -0.310 e. The summed E-state index contributed by atoms with van der Waals surface area (Å²) in [6, 6.07) is 15.2. The van der Waals surface area contributed by atoms with Gasteiger partial charge in [-0.3, -0.25) is 4.79 Å². The Kier molecular flexibility index (Phi) is 3.89. The van der Waals surface area contributed by atoms with E-state index < -0.39 is 0 Å². The number of benzene rings is 2. The summed E-state index contributed by atoms with van der Waals surface area (Å²) in [4.78, 5) is 14.1. The molecule has 0 spiro atoms. The fourth-order valence-electron chi connectivity index (χ4n) is 2.28. The Morgan fingerprint density at radius 2 is 1.74 bits per heavy atom. The SMILES string of the molecule is Cc1c(C(=O)N(C)c2ccccc2)nnn1-c1ccc(F)cc1. The second-order valence-electron chi connectivity index (χ2n) is 5.11. The van der Waals surface area contributed by atoms with Gasteiger partial charge in [0, 0.05) is 12.7 Å². The normalized spacial score (nSPS) is 10.6. The lowest BCUT2D eigenvalue weighted by Gasteiger charge is -2.16. The van der Waals surface area contributed by atoms with Crippen molar-refractivity contribution < 1.29 is 9.18 Å². The van der Waals surface area contributed by atoms with Crippen LogP contribution in [-0.2, 0) is 0 Å². The van der Waals surface area contributed by atoms with Crippen molar-refractivity contribution in [2.75, 3.05) is 11.9 Å². The Labute approximate surface area is 133 Å². The molecule has 0 saturated carbocycles. The van der Waals surface area contributed by atoms with E-state index in [1.165, 1.54) is 21.7 Å². The molecule has 0 N–H and O–H groups in total. The van der Waals surface area contributed by atoms with Crippen molar-refractivity contribution in [3.8, 4) is 5.69 Å². The molecule has 23 heavy (non-hydrogen) atoms. The van der Waals surface area contributed by atoms with Crippen molar-refractivity contribution in [1.29, 1.82) is 0 Å². The maximum Gasteiger partial charge on any atom is 0.280 e. The highest BCUT2D eigenvalue weighted by Crippen LogP contribution is 2.17. The number of carbonyl (C=O) groups is 1. The number of hydrogen-bond acceptors (Lipinski definition) is 3. The van der Waals surface area contributed by atoms with Gasteiger partial charge < -0.3 is 4.90 Å². The van der Waals surface area contributed by atoms with Crippen LogP contribution in [0.15, 0.2) is 54.6 Å². The largest absolute Gasteiger partial charge is 0.310 e. The molecule has 3 aromatic rings. The predicted molar refractivity (Wildman–Crippen MR) is 85.2 cm³/mol. The molecule has 1 aromatic heterocycles. The molecule has 0 aliphatic rings. The molecule has 1 amide bonds. The Morgan fingerprint density at radius 3 is 2.39 bits per heavy atom. The molecule has 6 heteroatoms. The van der Waals surface area contributed by atoms with Crippen LogP contribution in [0.5, 0.6) is 0 Å². The molecule has 0 aliphatic carbocycles. The maximum absolute atomic E-state index is 13.0. The zero-order chi connectivity index (χ0) is 16.4. The molecule has 0 fully saturated rings. The maximum atomic E-state index is 13.0. The zero-order valence-corrected chi connectivity index (χ0v) is 12.8. The van der Waals surface area contributed by atoms with Crippen LogP contribution in [0.3, 0.4) is 0 Å². The van der Waals surface area contributed by atoms with Gasteiger partial charge in [0.05, 0.1) is 11.4 Å². The van der Waals surface area contributed by atoms with Crippen molar-refractivity contribution in [2.24, 2.45) is 0 Å². The van der Waals surface area contributed by atoms with Crippen LogP contribution in [0, 0.1) is 12.7 Å². The molecule has 116 valence electrons. The first-order valence-corrected chi connectivity index (χ1v) is 7.09. The van der Waals surface area contributed by atoms with Gasteiger partial charge in [-0.25, -0.2) is 9.07 Å². The van der Waals surface area contributed by atoms with Crippen molar-refractivity contribution in [3.05, 3.63) is 71.8 Å². The van der Waals surface area contributed by atoms with Gasteiger partial charge in [-0.1, -0.05) is 23.4 Å². The molecular formula is C17H15FN4O. The fraction of sp³-hybridized carbons (Fsp3) is 0.118. The van der Waals surface area contributed by atoms with Crippen LogP contribution in [0.2, 0.25) is 0 Å². The van der Waals surface area contributed by atoms with Crippen LogP contribution >= 0.6 is 0 Å². The summed E-state index contributed by atoms with van der Waals surface area (Å²) in [6.45, 7) is 1.76. The average molecular weight is 310 g/mol. The van der Waals surface area contributed by atoms with Gasteiger partial charge in [0.2, 0.25) is 0 Å². The van der Waals surface area contributed by atoms with Gasteiger partial charge in [-0.2, -0.15) is 0 Å². The zero-order valence-electron chi connectivity index (χ0n) is 12.8. The molecule has 0 unspecified atom stereocenters. The first-order valence-electron chi connectivity index (χ1n) is 7.09. The number of carbonyl (C=O) groups excluding carboxylic acids is 1. The number of halogens is 1. The van der Waals surface area contributed by atoms with Gasteiger partial charge in [0.1, 0.15) is 5.82 Å². The first kappa shape index (κ1) is 14.9. The summed E-state index contributed by atoms with van der Waals surface area (Å²) in [6.07, 6.45) is 0. The predicted octanol–water partition coefficient (Wildman–Crippen LogP) is 2.99. The molecule has 5 nitrogen and oxygen atoms in total. The van der Waals surface area contributed by atoms with E-state index in [4.69, 9.17) is 0 Å². The molecule has 1 heterocycles. The molecule has 3 rings (SSSR count). The minimum atomic E-state index is -0.327. The van der Waals surface area contributed by atoms with Gasteiger partial charge in [0.15, 0.2) is 5.69 Å². The molecular weight excluding hydrogens is 295 g/mol. The summed E-state index contributed by atoms with van der Waals surface area (Å²) < 4.78 is 14.5. The van der Waals surface area contributed by atoms with E-state index >= 15 is 0 Å².